The molecule has 1 N–H and O–H groups in total. The molecule has 0 aliphatic carbocycles. The van der Waals surface area contributed by atoms with Gasteiger partial charge in [0.25, 0.3) is 0 Å². The van der Waals surface area contributed by atoms with E-state index in [1.807, 2.05) is 26.0 Å². The van der Waals surface area contributed by atoms with Crippen molar-refractivity contribution in [3.8, 4) is 5.69 Å². The number of hydrogen-bond acceptors (Lipinski definition) is 6. The Labute approximate surface area is 130 Å². The molecule has 112 valence electrons. The summed E-state index contributed by atoms with van der Waals surface area (Å²) in [7, 11) is 0. The van der Waals surface area contributed by atoms with E-state index < -0.39 is 5.97 Å². The average molecular weight is 315 g/mol. The van der Waals surface area contributed by atoms with Crippen LogP contribution in [0.4, 0.5) is 0 Å². The minimum atomic E-state index is -0.897. The Kier molecular flexibility index (Phi) is 3.76. The second-order valence-electron chi connectivity index (χ2n) is 4.70. The van der Waals surface area contributed by atoms with Crippen molar-refractivity contribution in [2.24, 2.45) is 0 Å². The largest absolute Gasteiger partial charge is 0.481 e. The molecule has 0 unspecified atom stereocenters. The van der Waals surface area contributed by atoms with Gasteiger partial charge >= 0.3 is 5.97 Å². The van der Waals surface area contributed by atoms with Gasteiger partial charge in [-0.1, -0.05) is 11.8 Å². The number of carbonyl (C=O) groups is 1. The Morgan fingerprint density at radius 1 is 1.27 bits per heavy atom. The Hall–Kier alpha value is -2.48. The van der Waals surface area contributed by atoms with Crippen molar-refractivity contribution in [1.29, 1.82) is 0 Å². The SMILES string of the molecule is Cc1nnc(SCC(=O)O)c2nn(-c3ccncc3)c(C)c12. The molecule has 0 fully saturated rings. The van der Waals surface area contributed by atoms with Gasteiger partial charge in [-0.3, -0.25) is 9.78 Å². The van der Waals surface area contributed by atoms with Crippen molar-refractivity contribution in [3.63, 3.8) is 0 Å². The van der Waals surface area contributed by atoms with Crippen molar-refractivity contribution in [2.45, 2.75) is 18.9 Å². The summed E-state index contributed by atoms with van der Waals surface area (Å²) in [6.45, 7) is 3.82. The van der Waals surface area contributed by atoms with Crippen molar-refractivity contribution in [2.75, 3.05) is 5.75 Å². The minimum Gasteiger partial charge on any atom is -0.481 e. The lowest BCUT2D eigenvalue weighted by Gasteiger charge is -2.02. The first kappa shape index (κ1) is 14.5. The van der Waals surface area contributed by atoms with E-state index in [1.54, 1.807) is 17.1 Å². The highest BCUT2D eigenvalue weighted by Gasteiger charge is 2.17. The van der Waals surface area contributed by atoms with E-state index in [1.165, 1.54) is 0 Å². The maximum absolute atomic E-state index is 10.8. The second-order valence-corrected chi connectivity index (χ2v) is 5.66. The molecule has 0 spiro atoms. The lowest BCUT2D eigenvalue weighted by Crippen LogP contribution is -2.00. The lowest BCUT2D eigenvalue weighted by atomic mass is 10.2. The minimum absolute atomic E-state index is 0.0754. The Balaban J connectivity index is 2.17. The van der Waals surface area contributed by atoms with Crippen LogP contribution in [0.3, 0.4) is 0 Å². The van der Waals surface area contributed by atoms with Crippen LogP contribution in [-0.2, 0) is 4.79 Å². The van der Waals surface area contributed by atoms with Crippen molar-refractivity contribution in [1.82, 2.24) is 25.0 Å². The van der Waals surface area contributed by atoms with Gasteiger partial charge in [-0.2, -0.15) is 10.2 Å². The van der Waals surface area contributed by atoms with Crippen LogP contribution in [-0.4, -0.2) is 41.8 Å². The smallest absolute Gasteiger partial charge is 0.313 e. The van der Waals surface area contributed by atoms with Gasteiger partial charge in [-0.05, 0) is 26.0 Å². The Bertz CT molecular complexity index is 847. The number of nitrogens with zero attached hydrogens (tertiary/aromatic N) is 5. The van der Waals surface area contributed by atoms with Gasteiger partial charge in [0.1, 0.15) is 10.5 Å². The summed E-state index contributed by atoms with van der Waals surface area (Å²) in [5, 5.41) is 23.1. The molecule has 0 radical (unpaired) electrons. The van der Waals surface area contributed by atoms with Gasteiger partial charge in [0.15, 0.2) is 0 Å². The van der Waals surface area contributed by atoms with Crippen molar-refractivity contribution < 1.29 is 9.90 Å². The summed E-state index contributed by atoms with van der Waals surface area (Å²) in [6.07, 6.45) is 3.40. The highest BCUT2D eigenvalue weighted by Crippen LogP contribution is 2.29. The number of aryl methyl sites for hydroxylation is 2. The summed E-state index contributed by atoms with van der Waals surface area (Å²) in [5.41, 5.74) is 3.27. The van der Waals surface area contributed by atoms with E-state index >= 15 is 0 Å². The van der Waals surface area contributed by atoms with Gasteiger partial charge in [0.05, 0.1) is 22.8 Å². The zero-order valence-corrected chi connectivity index (χ0v) is 12.8. The van der Waals surface area contributed by atoms with Crippen LogP contribution in [0.5, 0.6) is 0 Å². The molecule has 22 heavy (non-hydrogen) atoms. The van der Waals surface area contributed by atoms with Gasteiger partial charge in [0.2, 0.25) is 0 Å². The molecule has 3 heterocycles. The first-order valence-electron chi connectivity index (χ1n) is 6.55. The molecule has 8 heteroatoms. The summed E-state index contributed by atoms with van der Waals surface area (Å²) in [6, 6.07) is 3.72. The molecule has 3 rings (SSSR count). The normalized spacial score (nSPS) is 11.0. The van der Waals surface area contributed by atoms with E-state index in [9.17, 15) is 4.79 Å². The fourth-order valence-electron chi connectivity index (χ4n) is 2.27. The third-order valence-corrected chi connectivity index (χ3v) is 4.15. The number of rotatable bonds is 4. The fraction of sp³-hybridized carbons (Fsp3) is 0.214. The predicted octanol–water partition coefficient (Wildman–Crippen LogP) is 2.00. The number of thioether (sulfide) groups is 1. The summed E-state index contributed by atoms with van der Waals surface area (Å²) in [5.74, 6) is -0.973. The molecular weight excluding hydrogens is 302 g/mol. The van der Waals surface area contributed by atoms with Crippen LogP contribution in [0.15, 0.2) is 29.6 Å². The second kappa shape index (κ2) is 5.72. The summed E-state index contributed by atoms with van der Waals surface area (Å²) in [4.78, 5) is 14.8. The highest BCUT2D eigenvalue weighted by atomic mass is 32.2. The molecular formula is C14H13N5O2S. The van der Waals surface area contributed by atoms with Crippen molar-refractivity contribution >= 4 is 28.6 Å². The molecule has 0 bridgehead atoms. The van der Waals surface area contributed by atoms with Crippen LogP contribution in [0, 0.1) is 13.8 Å². The fourth-order valence-corrected chi connectivity index (χ4v) is 2.91. The maximum Gasteiger partial charge on any atom is 0.313 e. The van der Waals surface area contributed by atoms with Crippen LogP contribution >= 0.6 is 11.8 Å². The number of pyridine rings is 1. The first-order chi connectivity index (χ1) is 10.6. The molecule has 0 aromatic carbocycles. The molecule has 3 aromatic heterocycles. The van der Waals surface area contributed by atoms with Gasteiger partial charge in [-0.15, -0.1) is 5.10 Å². The quantitative estimate of drug-likeness (QED) is 0.736. The van der Waals surface area contributed by atoms with Crippen LogP contribution in [0.2, 0.25) is 0 Å². The molecule has 0 saturated carbocycles. The number of hydrogen-bond donors (Lipinski definition) is 1. The van der Waals surface area contributed by atoms with Crippen LogP contribution in [0.1, 0.15) is 11.4 Å². The monoisotopic (exact) mass is 315 g/mol. The molecule has 0 aliphatic rings. The van der Waals surface area contributed by atoms with E-state index in [2.05, 4.69) is 20.3 Å². The van der Waals surface area contributed by atoms with Gasteiger partial charge in [-0.25, -0.2) is 4.68 Å². The number of aliphatic carboxylic acids is 1. The number of carboxylic acid groups (broad SMARTS) is 1. The molecule has 7 nitrogen and oxygen atoms in total. The van der Waals surface area contributed by atoms with E-state index in [0.29, 0.717) is 10.5 Å². The predicted molar refractivity (Wildman–Crippen MR) is 82.3 cm³/mol. The van der Waals surface area contributed by atoms with E-state index in [4.69, 9.17) is 5.11 Å². The lowest BCUT2D eigenvalue weighted by molar-refractivity contribution is -0.133. The topological polar surface area (TPSA) is 93.8 Å². The molecule has 3 aromatic rings. The highest BCUT2D eigenvalue weighted by molar-refractivity contribution is 8.00. The zero-order valence-electron chi connectivity index (χ0n) is 12.0. The number of aromatic nitrogens is 5. The van der Waals surface area contributed by atoms with Crippen LogP contribution < -0.4 is 0 Å². The number of fused-ring (bicyclic) bond motifs is 1. The third kappa shape index (κ3) is 2.52. The van der Waals surface area contributed by atoms with Crippen molar-refractivity contribution in [3.05, 3.63) is 35.9 Å². The third-order valence-electron chi connectivity index (χ3n) is 3.21. The summed E-state index contributed by atoms with van der Waals surface area (Å²) < 4.78 is 1.80. The number of carboxylic acids is 1. The van der Waals surface area contributed by atoms with Crippen LogP contribution in [0.25, 0.3) is 16.6 Å². The first-order valence-corrected chi connectivity index (χ1v) is 7.54. The Morgan fingerprint density at radius 2 is 2.00 bits per heavy atom. The Morgan fingerprint density at radius 3 is 2.68 bits per heavy atom. The summed E-state index contributed by atoms with van der Waals surface area (Å²) >= 11 is 1.12. The maximum atomic E-state index is 10.8. The molecule has 0 aliphatic heterocycles. The standard InChI is InChI=1S/C14H13N5O2S/c1-8-12-9(2)19(10-3-5-15-6-4-10)18-13(12)14(17-16-8)22-7-11(20)21/h3-6H,7H2,1-2H3,(H,20,21). The van der Waals surface area contributed by atoms with E-state index in [0.717, 1.165) is 34.2 Å². The average Bonchev–Trinajstić information content (AvgIpc) is 2.86. The van der Waals surface area contributed by atoms with Gasteiger partial charge < -0.3 is 5.11 Å². The molecule has 0 amide bonds. The van der Waals surface area contributed by atoms with Gasteiger partial charge in [0, 0.05) is 17.8 Å². The van der Waals surface area contributed by atoms with E-state index in [-0.39, 0.29) is 5.75 Å². The molecule has 0 saturated heterocycles. The zero-order chi connectivity index (χ0) is 15.7. The molecule has 0 atom stereocenters.